The van der Waals surface area contributed by atoms with Crippen molar-refractivity contribution in [2.45, 2.75) is 52.7 Å². The summed E-state index contributed by atoms with van der Waals surface area (Å²) in [5, 5.41) is 3.10. The van der Waals surface area contributed by atoms with E-state index in [2.05, 4.69) is 25.2 Å². The van der Waals surface area contributed by atoms with E-state index in [9.17, 15) is 4.79 Å². The monoisotopic (exact) mass is 355 g/mol. The third kappa shape index (κ3) is 4.78. The lowest BCUT2D eigenvalue weighted by molar-refractivity contribution is -0.128. The van der Waals surface area contributed by atoms with Crippen LogP contribution in [0.2, 0.25) is 0 Å². The Morgan fingerprint density at radius 1 is 1.12 bits per heavy atom. The van der Waals surface area contributed by atoms with Crippen LogP contribution in [0.15, 0.2) is 42.5 Å². The van der Waals surface area contributed by atoms with Crippen molar-refractivity contribution < 1.29 is 14.3 Å². The number of carbonyl (C=O) groups is 1. The number of nitrogens with one attached hydrogen (secondary N) is 1. The van der Waals surface area contributed by atoms with E-state index in [1.54, 1.807) is 14.0 Å². The van der Waals surface area contributed by atoms with Crippen LogP contribution in [0.3, 0.4) is 0 Å². The van der Waals surface area contributed by atoms with E-state index in [0.717, 1.165) is 41.0 Å². The van der Waals surface area contributed by atoms with Gasteiger partial charge in [0, 0.05) is 0 Å². The summed E-state index contributed by atoms with van der Waals surface area (Å²) in [4.78, 5) is 12.6. The van der Waals surface area contributed by atoms with Crippen molar-refractivity contribution in [3.63, 3.8) is 0 Å². The predicted octanol–water partition coefficient (Wildman–Crippen LogP) is 4.60. The molecule has 2 atom stereocenters. The maximum atomic E-state index is 12.6. The van der Waals surface area contributed by atoms with Gasteiger partial charge in [0.05, 0.1) is 13.2 Å². The van der Waals surface area contributed by atoms with E-state index in [0.29, 0.717) is 0 Å². The van der Waals surface area contributed by atoms with Crippen LogP contribution >= 0.6 is 0 Å². The summed E-state index contributed by atoms with van der Waals surface area (Å²) in [5.74, 6) is 1.50. The molecule has 1 N–H and O–H groups in total. The molecule has 4 heteroatoms. The second-order valence-corrected chi connectivity index (χ2v) is 6.42. The van der Waals surface area contributed by atoms with Crippen LogP contribution in [-0.2, 0) is 11.2 Å². The summed E-state index contributed by atoms with van der Waals surface area (Å²) in [7, 11) is 1.66. The molecule has 0 spiro atoms. The minimum atomic E-state index is -0.559. The fourth-order valence-electron chi connectivity index (χ4n) is 2.98. The molecule has 0 unspecified atom stereocenters. The van der Waals surface area contributed by atoms with E-state index in [1.807, 2.05) is 43.3 Å². The number of amides is 1. The van der Waals surface area contributed by atoms with Gasteiger partial charge in [0.2, 0.25) is 0 Å². The Kier molecular flexibility index (Phi) is 7.07. The van der Waals surface area contributed by atoms with Gasteiger partial charge in [0.25, 0.3) is 5.91 Å². The number of aryl methyl sites for hydroxylation is 2. The molecule has 0 bridgehead atoms. The minimum absolute atomic E-state index is 0.0559. The van der Waals surface area contributed by atoms with Gasteiger partial charge in [-0.15, -0.1) is 0 Å². The van der Waals surface area contributed by atoms with E-state index in [1.165, 1.54) is 0 Å². The van der Waals surface area contributed by atoms with Gasteiger partial charge in [-0.05, 0) is 55.5 Å². The van der Waals surface area contributed by atoms with Crippen LogP contribution in [0.5, 0.6) is 11.5 Å². The first-order valence-electron chi connectivity index (χ1n) is 9.19. The van der Waals surface area contributed by atoms with E-state index in [-0.39, 0.29) is 11.9 Å². The molecule has 0 aromatic heterocycles. The number of benzene rings is 2. The Labute approximate surface area is 156 Å². The molecule has 4 nitrogen and oxygen atoms in total. The highest BCUT2D eigenvalue weighted by molar-refractivity contribution is 5.81. The molecule has 0 aliphatic heterocycles. The molecule has 140 valence electrons. The first-order chi connectivity index (χ1) is 12.5. The van der Waals surface area contributed by atoms with Gasteiger partial charge >= 0.3 is 0 Å². The lowest BCUT2D eigenvalue weighted by Gasteiger charge is -2.22. The Morgan fingerprint density at radius 2 is 1.85 bits per heavy atom. The van der Waals surface area contributed by atoms with Crippen molar-refractivity contribution >= 4 is 5.91 Å². The Morgan fingerprint density at radius 3 is 2.46 bits per heavy atom. The first kappa shape index (κ1) is 19.8. The lowest BCUT2D eigenvalue weighted by atomic mass is 10.0. The average Bonchev–Trinajstić information content (AvgIpc) is 2.66. The van der Waals surface area contributed by atoms with Gasteiger partial charge in [-0.1, -0.05) is 44.2 Å². The van der Waals surface area contributed by atoms with Gasteiger partial charge in [0.1, 0.15) is 11.5 Å². The molecule has 2 rings (SSSR count). The summed E-state index contributed by atoms with van der Waals surface area (Å²) in [6, 6.07) is 13.8. The normalized spacial score (nSPS) is 13.0. The van der Waals surface area contributed by atoms with Crippen LogP contribution in [-0.4, -0.2) is 19.1 Å². The van der Waals surface area contributed by atoms with Crippen LogP contribution in [0.25, 0.3) is 0 Å². The molecule has 0 saturated heterocycles. The predicted molar refractivity (Wildman–Crippen MR) is 105 cm³/mol. The van der Waals surface area contributed by atoms with Crippen molar-refractivity contribution in [1.82, 2.24) is 5.32 Å². The molecule has 0 fully saturated rings. The SMILES string of the molecule is CCc1ccccc1O[C@H](C)C(=O)N[C@H](CC)c1ccc(OC)c(C)c1. The summed E-state index contributed by atoms with van der Waals surface area (Å²) < 4.78 is 11.2. The van der Waals surface area contributed by atoms with Gasteiger partial charge in [-0.2, -0.15) is 0 Å². The molecule has 26 heavy (non-hydrogen) atoms. The second-order valence-electron chi connectivity index (χ2n) is 6.42. The maximum absolute atomic E-state index is 12.6. The number of rotatable bonds is 8. The van der Waals surface area contributed by atoms with E-state index >= 15 is 0 Å². The number of carbonyl (C=O) groups excluding carboxylic acids is 1. The molecular formula is C22H29NO3. The summed E-state index contributed by atoms with van der Waals surface area (Å²) >= 11 is 0. The van der Waals surface area contributed by atoms with Crippen molar-refractivity contribution in [1.29, 1.82) is 0 Å². The van der Waals surface area contributed by atoms with Crippen LogP contribution < -0.4 is 14.8 Å². The topological polar surface area (TPSA) is 47.6 Å². The number of methoxy groups -OCH3 is 1. The molecule has 1 amide bonds. The van der Waals surface area contributed by atoms with E-state index in [4.69, 9.17) is 9.47 Å². The highest BCUT2D eigenvalue weighted by Gasteiger charge is 2.20. The highest BCUT2D eigenvalue weighted by atomic mass is 16.5. The number of hydrogen-bond acceptors (Lipinski definition) is 3. The summed E-state index contributed by atoms with van der Waals surface area (Å²) in [6.07, 6.45) is 1.11. The average molecular weight is 355 g/mol. The zero-order valence-electron chi connectivity index (χ0n) is 16.3. The fourth-order valence-corrected chi connectivity index (χ4v) is 2.98. The molecule has 2 aromatic carbocycles. The zero-order chi connectivity index (χ0) is 19.1. The van der Waals surface area contributed by atoms with Gasteiger partial charge in [-0.3, -0.25) is 4.79 Å². The van der Waals surface area contributed by atoms with Gasteiger partial charge in [0.15, 0.2) is 6.10 Å². The number of para-hydroxylation sites is 1. The first-order valence-corrected chi connectivity index (χ1v) is 9.19. The summed E-state index contributed by atoms with van der Waals surface area (Å²) in [5.41, 5.74) is 3.23. The molecule has 0 radical (unpaired) electrons. The Balaban J connectivity index is 2.07. The zero-order valence-corrected chi connectivity index (χ0v) is 16.3. The van der Waals surface area contributed by atoms with Gasteiger partial charge < -0.3 is 14.8 Å². The highest BCUT2D eigenvalue weighted by Crippen LogP contribution is 2.25. The lowest BCUT2D eigenvalue weighted by Crippen LogP contribution is -2.38. The maximum Gasteiger partial charge on any atom is 0.261 e. The van der Waals surface area contributed by atoms with Crippen LogP contribution in [0.1, 0.15) is 49.9 Å². The molecule has 2 aromatic rings. The quantitative estimate of drug-likeness (QED) is 0.753. The smallest absolute Gasteiger partial charge is 0.261 e. The Hall–Kier alpha value is -2.49. The number of ether oxygens (including phenoxy) is 2. The van der Waals surface area contributed by atoms with Crippen molar-refractivity contribution in [3.05, 3.63) is 59.2 Å². The Bertz CT molecular complexity index is 742. The molecule has 0 saturated carbocycles. The third-order valence-corrected chi connectivity index (χ3v) is 4.57. The van der Waals surface area contributed by atoms with E-state index < -0.39 is 6.10 Å². The molecule has 0 aliphatic carbocycles. The molecular weight excluding hydrogens is 326 g/mol. The van der Waals surface area contributed by atoms with Gasteiger partial charge in [-0.25, -0.2) is 0 Å². The standard InChI is InChI=1S/C22H29NO3/c1-6-17-10-8-9-11-21(17)26-16(4)22(24)23-19(7-2)18-12-13-20(25-5)15(3)14-18/h8-14,16,19H,6-7H2,1-5H3,(H,23,24)/t16-,19-/m1/s1. The second kappa shape index (κ2) is 9.27. The van der Waals surface area contributed by atoms with Crippen molar-refractivity contribution in [2.24, 2.45) is 0 Å². The van der Waals surface area contributed by atoms with Crippen LogP contribution in [0.4, 0.5) is 0 Å². The molecule has 0 heterocycles. The molecule has 0 aliphatic rings. The largest absolute Gasteiger partial charge is 0.496 e. The van der Waals surface area contributed by atoms with Crippen molar-refractivity contribution in [2.75, 3.05) is 7.11 Å². The fraction of sp³-hybridized carbons (Fsp3) is 0.409. The third-order valence-electron chi connectivity index (χ3n) is 4.57. The van der Waals surface area contributed by atoms with Crippen LogP contribution in [0, 0.1) is 6.92 Å². The number of hydrogen-bond donors (Lipinski definition) is 1. The van der Waals surface area contributed by atoms with Crippen molar-refractivity contribution in [3.8, 4) is 11.5 Å². The minimum Gasteiger partial charge on any atom is -0.496 e. The summed E-state index contributed by atoms with van der Waals surface area (Å²) in [6.45, 7) is 7.92.